The third-order valence-corrected chi connectivity index (χ3v) is 3.57. The van der Waals surface area contributed by atoms with Crippen LogP contribution in [0.3, 0.4) is 0 Å². The molecule has 3 nitrogen and oxygen atoms in total. The van der Waals surface area contributed by atoms with Gasteiger partial charge < -0.3 is 10.2 Å². The Morgan fingerprint density at radius 2 is 1.89 bits per heavy atom. The van der Waals surface area contributed by atoms with Crippen molar-refractivity contribution in [1.29, 1.82) is 0 Å². The van der Waals surface area contributed by atoms with Crippen molar-refractivity contribution in [2.75, 3.05) is 19.4 Å². The van der Waals surface area contributed by atoms with E-state index in [0.717, 1.165) is 10.7 Å². The van der Waals surface area contributed by atoms with Crippen molar-refractivity contribution in [2.24, 2.45) is 5.41 Å². The van der Waals surface area contributed by atoms with Gasteiger partial charge in [-0.15, -0.1) is 0 Å². The Balaban J connectivity index is 2.95. The summed E-state index contributed by atoms with van der Waals surface area (Å²) >= 11 is 11.4. The molecule has 0 aliphatic carbocycles. The SMILES string of the molecule is CN(C)C(=O)c1ccc(NC(=S)C(C)(C)C)cc1Cl. The van der Waals surface area contributed by atoms with Crippen LogP contribution in [0, 0.1) is 5.41 Å². The summed E-state index contributed by atoms with van der Waals surface area (Å²) in [6.07, 6.45) is 0. The molecule has 1 rings (SSSR count). The highest BCUT2D eigenvalue weighted by Crippen LogP contribution is 2.24. The third-order valence-electron chi connectivity index (χ3n) is 2.54. The second kappa shape index (κ2) is 5.88. The Morgan fingerprint density at radius 3 is 2.32 bits per heavy atom. The maximum atomic E-state index is 11.9. The van der Waals surface area contributed by atoms with Crippen LogP contribution < -0.4 is 5.32 Å². The first-order chi connectivity index (χ1) is 8.62. The molecule has 0 bridgehead atoms. The molecule has 5 heteroatoms. The number of hydrogen-bond donors (Lipinski definition) is 1. The Labute approximate surface area is 124 Å². The smallest absolute Gasteiger partial charge is 0.254 e. The lowest BCUT2D eigenvalue weighted by atomic mass is 9.96. The molecule has 104 valence electrons. The summed E-state index contributed by atoms with van der Waals surface area (Å²) in [5, 5.41) is 3.56. The molecule has 1 aromatic rings. The van der Waals surface area contributed by atoms with Crippen molar-refractivity contribution in [3.63, 3.8) is 0 Å². The van der Waals surface area contributed by atoms with Crippen LogP contribution in [-0.4, -0.2) is 29.9 Å². The molecule has 1 amide bonds. The monoisotopic (exact) mass is 298 g/mol. The van der Waals surface area contributed by atoms with Gasteiger partial charge in [-0.25, -0.2) is 0 Å². The Kier molecular flexibility index (Phi) is 4.93. The quantitative estimate of drug-likeness (QED) is 0.842. The van der Waals surface area contributed by atoms with E-state index in [-0.39, 0.29) is 11.3 Å². The Hall–Kier alpha value is -1.13. The normalized spacial score (nSPS) is 11.1. The average Bonchev–Trinajstić information content (AvgIpc) is 2.26. The van der Waals surface area contributed by atoms with Crippen molar-refractivity contribution < 1.29 is 4.79 Å². The number of amides is 1. The number of nitrogens with one attached hydrogen (secondary N) is 1. The highest BCUT2D eigenvalue weighted by atomic mass is 35.5. The molecule has 0 saturated carbocycles. The number of halogens is 1. The molecule has 0 saturated heterocycles. The lowest BCUT2D eigenvalue weighted by Gasteiger charge is -2.21. The van der Waals surface area contributed by atoms with E-state index in [1.54, 1.807) is 32.3 Å². The van der Waals surface area contributed by atoms with E-state index in [0.29, 0.717) is 10.6 Å². The topological polar surface area (TPSA) is 32.3 Å². The van der Waals surface area contributed by atoms with Gasteiger partial charge in [0.05, 0.1) is 15.6 Å². The highest BCUT2D eigenvalue weighted by Gasteiger charge is 2.18. The maximum Gasteiger partial charge on any atom is 0.254 e. The van der Waals surface area contributed by atoms with Crippen molar-refractivity contribution in [1.82, 2.24) is 4.90 Å². The number of carbonyl (C=O) groups excluding carboxylic acids is 1. The van der Waals surface area contributed by atoms with Gasteiger partial charge in [0.2, 0.25) is 0 Å². The molecule has 0 aliphatic heterocycles. The molecule has 1 N–H and O–H groups in total. The predicted molar refractivity (Wildman–Crippen MR) is 85.1 cm³/mol. The lowest BCUT2D eigenvalue weighted by Crippen LogP contribution is -2.26. The van der Waals surface area contributed by atoms with Crippen LogP contribution >= 0.6 is 23.8 Å². The van der Waals surface area contributed by atoms with Crippen LogP contribution in [0.25, 0.3) is 0 Å². The minimum atomic E-state index is -0.116. The van der Waals surface area contributed by atoms with Gasteiger partial charge in [0.15, 0.2) is 0 Å². The van der Waals surface area contributed by atoms with Gasteiger partial charge in [-0.05, 0) is 18.2 Å². The second-order valence-corrected chi connectivity index (χ2v) is 6.41. The molecule has 0 radical (unpaired) electrons. The molecule has 0 aliphatic rings. The zero-order valence-electron chi connectivity index (χ0n) is 11.9. The molecule has 0 unspecified atom stereocenters. The van der Waals surface area contributed by atoms with Gasteiger partial charge in [-0.2, -0.15) is 0 Å². The van der Waals surface area contributed by atoms with Gasteiger partial charge in [0.1, 0.15) is 0 Å². The van der Waals surface area contributed by atoms with Gasteiger partial charge in [-0.3, -0.25) is 4.79 Å². The zero-order valence-corrected chi connectivity index (χ0v) is 13.4. The second-order valence-electron chi connectivity index (χ2n) is 5.60. The number of thiocarbonyl (C=S) groups is 1. The molecule has 0 heterocycles. The number of hydrogen-bond acceptors (Lipinski definition) is 2. The fraction of sp³-hybridized carbons (Fsp3) is 0.429. The number of anilines is 1. The van der Waals surface area contributed by atoms with E-state index in [2.05, 4.69) is 5.32 Å². The molecule has 19 heavy (non-hydrogen) atoms. The first-order valence-corrected chi connectivity index (χ1v) is 6.74. The molecule has 1 aromatic carbocycles. The number of rotatable bonds is 2. The number of nitrogens with zero attached hydrogens (tertiary/aromatic N) is 1. The fourth-order valence-electron chi connectivity index (χ4n) is 1.33. The predicted octanol–water partition coefficient (Wildman–Crippen LogP) is 3.83. The van der Waals surface area contributed by atoms with E-state index in [4.69, 9.17) is 23.8 Å². The molecular weight excluding hydrogens is 280 g/mol. The Bertz CT molecular complexity index is 507. The van der Waals surface area contributed by atoms with Crippen LogP contribution in [0.15, 0.2) is 18.2 Å². The third kappa shape index (κ3) is 4.18. The first kappa shape index (κ1) is 15.9. The molecule has 0 fully saturated rings. The summed E-state index contributed by atoms with van der Waals surface area (Å²) in [6.45, 7) is 6.11. The Morgan fingerprint density at radius 1 is 1.32 bits per heavy atom. The molecular formula is C14H19ClN2OS. The van der Waals surface area contributed by atoms with Crippen molar-refractivity contribution in [2.45, 2.75) is 20.8 Å². The summed E-state index contributed by atoms with van der Waals surface area (Å²) < 4.78 is 0. The summed E-state index contributed by atoms with van der Waals surface area (Å²) in [5.41, 5.74) is 1.17. The van der Waals surface area contributed by atoms with Crippen molar-refractivity contribution in [3.05, 3.63) is 28.8 Å². The largest absolute Gasteiger partial charge is 0.350 e. The summed E-state index contributed by atoms with van der Waals surface area (Å²) in [6, 6.07) is 5.23. The number of benzene rings is 1. The van der Waals surface area contributed by atoms with Gasteiger partial charge in [0.25, 0.3) is 5.91 Å². The zero-order chi connectivity index (χ0) is 14.8. The first-order valence-electron chi connectivity index (χ1n) is 5.95. The van der Waals surface area contributed by atoms with E-state index in [1.807, 2.05) is 20.8 Å². The van der Waals surface area contributed by atoms with E-state index < -0.39 is 0 Å². The minimum absolute atomic E-state index is 0.111. The summed E-state index contributed by atoms with van der Waals surface area (Å²) in [4.78, 5) is 14.1. The van der Waals surface area contributed by atoms with Crippen LogP contribution in [0.4, 0.5) is 5.69 Å². The van der Waals surface area contributed by atoms with Crippen LogP contribution in [-0.2, 0) is 0 Å². The fourth-order valence-corrected chi connectivity index (χ4v) is 1.71. The standard InChI is InChI=1S/C14H19ClN2OS/c1-14(2,3)13(19)16-9-6-7-10(11(15)8-9)12(18)17(4)5/h6-8H,1-5H3,(H,16,19). The van der Waals surface area contributed by atoms with E-state index in [9.17, 15) is 4.79 Å². The summed E-state index contributed by atoms with van der Waals surface area (Å²) in [5.74, 6) is -0.116. The van der Waals surface area contributed by atoms with Gasteiger partial charge in [0, 0.05) is 25.2 Å². The highest BCUT2D eigenvalue weighted by molar-refractivity contribution is 7.80. The molecule has 0 aromatic heterocycles. The average molecular weight is 299 g/mol. The van der Waals surface area contributed by atoms with E-state index in [1.165, 1.54) is 4.90 Å². The van der Waals surface area contributed by atoms with Crippen LogP contribution in [0.1, 0.15) is 31.1 Å². The number of carbonyl (C=O) groups is 1. The van der Waals surface area contributed by atoms with E-state index >= 15 is 0 Å². The van der Waals surface area contributed by atoms with Crippen LogP contribution in [0.2, 0.25) is 5.02 Å². The molecule has 0 spiro atoms. The van der Waals surface area contributed by atoms with Crippen molar-refractivity contribution in [3.8, 4) is 0 Å². The summed E-state index contributed by atoms with van der Waals surface area (Å²) in [7, 11) is 3.39. The van der Waals surface area contributed by atoms with Gasteiger partial charge in [-0.1, -0.05) is 44.6 Å². The van der Waals surface area contributed by atoms with Gasteiger partial charge >= 0.3 is 0 Å². The maximum absolute atomic E-state index is 11.9. The van der Waals surface area contributed by atoms with Crippen LogP contribution in [0.5, 0.6) is 0 Å². The molecule has 0 atom stereocenters. The van der Waals surface area contributed by atoms with Crippen molar-refractivity contribution >= 4 is 40.4 Å². The minimum Gasteiger partial charge on any atom is -0.350 e. The lowest BCUT2D eigenvalue weighted by molar-refractivity contribution is 0.0828.